The molecule has 96 valence electrons. The Morgan fingerprint density at radius 3 is 2.72 bits per heavy atom. The topological polar surface area (TPSA) is 52.9 Å². The molecule has 0 fully saturated rings. The van der Waals surface area contributed by atoms with E-state index in [4.69, 9.17) is 16.9 Å². The van der Waals surface area contributed by atoms with Crippen LogP contribution in [0.25, 0.3) is 0 Å². The molecule has 0 aliphatic heterocycles. The monoisotopic (exact) mass is 268 g/mol. The van der Waals surface area contributed by atoms with Crippen LogP contribution in [0.4, 0.5) is 4.39 Å². The summed E-state index contributed by atoms with van der Waals surface area (Å²) in [6.45, 7) is 3.87. The van der Waals surface area contributed by atoms with Gasteiger partial charge in [0.2, 0.25) is 0 Å². The summed E-state index contributed by atoms with van der Waals surface area (Å²) in [5, 5.41) is 11.4. The van der Waals surface area contributed by atoms with E-state index in [-0.39, 0.29) is 16.5 Å². The van der Waals surface area contributed by atoms with Crippen molar-refractivity contribution >= 4 is 17.5 Å². The number of carbonyl (C=O) groups is 1. The van der Waals surface area contributed by atoms with Crippen LogP contribution in [0.5, 0.6) is 0 Å². The zero-order valence-electron chi connectivity index (χ0n) is 10.2. The van der Waals surface area contributed by atoms with Crippen molar-refractivity contribution in [2.45, 2.75) is 26.3 Å². The summed E-state index contributed by atoms with van der Waals surface area (Å²) in [6.07, 6.45) is 0.508. The maximum Gasteiger partial charge on any atom is 0.256 e. The highest BCUT2D eigenvalue weighted by molar-refractivity contribution is 6.33. The molecule has 5 heteroatoms. The summed E-state index contributed by atoms with van der Waals surface area (Å²) in [7, 11) is 0. The van der Waals surface area contributed by atoms with E-state index in [0.29, 0.717) is 6.42 Å². The number of hydrogen-bond donors (Lipinski definition) is 1. The average Bonchev–Trinajstić information content (AvgIpc) is 2.27. The number of carbonyl (C=O) groups excluding carboxylic acids is 1. The molecule has 1 amide bonds. The molecule has 0 bridgehead atoms. The number of halogens is 2. The third-order valence-electron chi connectivity index (χ3n) is 2.36. The second-order valence-electron chi connectivity index (χ2n) is 4.38. The summed E-state index contributed by atoms with van der Waals surface area (Å²) in [5.74, 6) is -1.10. The number of nitrogens with one attached hydrogen (secondary N) is 1. The lowest BCUT2D eigenvalue weighted by atomic mass is 10.0. The van der Waals surface area contributed by atoms with Crippen molar-refractivity contribution in [2.24, 2.45) is 5.92 Å². The Labute approximate surface area is 111 Å². The second kappa shape index (κ2) is 6.36. The summed E-state index contributed by atoms with van der Waals surface area (Å²) in [5.41, 5.74) is -0.219. The summed E-state index contributed by atoms with van der Waals surface area (Å²) >= 11 is 5.77. The molecule has 0 aromatic heterocycles. The van der Waals surface area contributed by atoms with Crippen molar-refractivity contribution in [1.82, 2.24) is 5.32 Å². The Hall–Kier alpha value is -1.60. The van der Waals surface area contributed by atoms with Gasteiger partial charge in [0.15, 0.2) is 0 Å². The lowest BCUT2D eigenvalue weighted by Gasteiger charge is -2.14. The molecule has 1 atom stereocenters. The van der Waals surface area contributed by atoms with Gasteiger partial charge in [-0.05, 0) is 24.5 Å². The predicted molar refractivity (Wildman–Crippen MR) is 67.7 cm³/mol. The molecular weight excluding hydrogens is 255 g/mol. The van der Waals surface area contributed by atoms with Gasteiger partial charge >= 0.3 is 0 Å². The average molecular weight is 269 g/mol. The smallest absolute Gasteiger partial charge is 0.256 e. The molecule has 0 heterocycles. The normalized spacial score (nSPS) is 12.0. The van der Waals surface area contributed by atoms with E-state index in [1.807, 2.05) is 19.9 Å². The highest BCUT2D eigenvalue weighted by Gasteiger charge is 2.19. The Balaban J connectivity index is 2.85. The molecule has 0 saturated heterocycles. The van der Waals surface area contributed by atoms with E-state index < -0.39 is 17.8 Å². The van der Waals surface area contributed by atoms with Crippen LogP contribution in [0.1, 0.15) is 30.6 Å². The molecule has 1 N–H and O–H groups in total. The lowest BCUT2D eigenvalue weighted by molar-refractivity contribution is 0.0938. The van der Waals surface area contributed by atoms with Gasteiger partial charge in [-0.15, -0.1) is 0 Å². The largest absolute Gasteiger partial charge is 0.336 e. The number of amides is 1. The van der Waals surface area contributed by atoms with Crippen molar-refractivity contribution in [1.29, 1.82) is 5.26 Å². The number of nitriles is 1. The number of hydrogen-bond acceptors (Lipinski definition) is 2. The van der Waals surface area contributed by atoms with Crippen molar-refractivity contribution in [3.63, 3.8) is 0 Å². The van der Waals surface area contributed by atoms with E-state index in [2.05, 4.69) is 5.32 Å². The van der Waals surface area contributed by atoms with Gasteiger partial charge in [0, 0.05) is 0 Å². The Morgan fingerprint density at radius 1 is 1.56 bits per heavy atom. The highest BCUT2D eigenvalue weighted by Crippen LogP contribution is 2.19. The van der Waals surface area contributed by atoms with Gasteiger partial charge in [0.1, 0.15) is 11.9 Å². The van der Waals surface area contributed by atoms with Crippen LogP contribution >= 0.6 is 11.6 Å². The minimum absolute atomic E-state index is 0.0359. The standard InChI is InChI=1S/C13H14ClFN2O/c1-8(2)6-9(7-16)17-13(18)12-10(14)4-3-5-11(12)15/h3-5,8-9H,6H2,1-2H3,(H,17,18). The Morgan fingerprint density at radius 2 is 2.22 bits per heavy atom. The molecule has 3 nitrogen and oxygen atoms in total. The van der Waals surface area contributed by atoms with Crippen molar-refractivity contribution in [2.75, 3.05) is 0 Å². The minimum atomic E-state index is -0.693. The molecule has 1 rings (SSSR count). The SMILES string of the molecule is CC(C)CC(C#N)NC(=O)c1c(F)cccc1Cl. The fraction of sp³-hybridized carbons (Fsp3) is 0.385. The molecule has 0 saturated carbocycles. The Bertz CT molecular complexity index is 462. The number of rotatable bonds is 4. The molecule has 0 spiro atoms. The first-order chi connectivity index (χ1) is 8.45. The van der Waals surface area contributed by atoms with Crippen molar-refractivity contribution < 1.29 is 9.18 Å². The molecule has 18 heavy (non-hydrogen) atoms. The van der Waals surface area contributed by atoms with Gasteiger partial charge in [-0.25, -0.2) is 4.39 Å². The van der Waals surface area contributed by atoms with Gasteiger partial charge in [0.05, 0.1) is 16.7 Å². The van der Waals surface area contributed by atoms with E-state index in [1.54, 1.807) is 0 Å². The molecule has 1 unspecified atom stereocenters. The van der Waals surface area contributed by atoms with Gasteiger partial charge < -0.3 is 5.32 Å². The summed E-state index contributed by atoms with van der Waals surface area (Å²) < 4.78 is 13.5. The van der Waals surface area contributed by atoms with E-state index in [0.717, 1.165) is 6.07 Å². The van der Waals surface area contributed by atoms with Crippen molar-refractivity contribution in [3.8, 4) is 6.07 Å². The lowest BCUT2D eigenvalue weighted by Crippen LogP contribution is -2.35. The molecule has 1 aromatic rings. The van der Waals surface area contributed by atoms with Gasteiger partial charge in [-0.2, -0.15) is 5.26 Å². The number of nitrogens with zero attached hydrogens (tertiary/aromatic N) is 1. The summed E-state index contributed by atoms with van der Waals surface area (Å²) in [6, 6.07) is 5.34. The second-order valence-corrected chi connectivity index (χ2v) is 4.79. The third kappa shape index (κ3) is 3.71. The first-order valence-electron chi connectivity index (χ1n) is 5.60. The van der Waals surface area contributed by atoms with Crippen LogP contribution < -0.4 is 5.32 Å². The van der Waals surface area contributed by atoms with Gasteiger partial charge in [-0.1, -0.05) is 31.5 Å². The predicted octanol–water partition coefficient (Wildman–Crippen LogP) is 3.15. The van der Waals surface area contributed by atoms with Gasteiger partial charge in [-0.3, -0.25) is 4.79 Å². The minimum Gasteiger partial charge on any atom is -0.336 e. The van der Waals surface area contributed by atoms with E-state index in [9.17, 15) is 9.18 Å². The zero-order valence-corrected chi connectivity index (χ0v) is 11.0. The van der Waals surface area contributed by atoms with Crippen LogP contribution in [0.15, 0.2) is 18.2 Å². The van der Waals surface area contributed by atoms with E-state index in [1.165, 1.54) is 12.1 Å². The molecule has 1 aromatic carbocycles. The maximum atomic E-state index is 13.5. The zero-order chi connectivity index (χ0) is 13.7. The van der Waals surface area contributed by atoms with Crippen LogP contribution in [0.3, 0.4) is 0 Å². The first-order valence-corrected chi connectivity index (χ1v) is 5.98. The fourth-order valence-corrected chi connectivity index (χ4v) is 1.81. The van der Waals surface area contributed by atoms with Gasteiger partial charge in [0.25, 0.3) is 5.91 Å². The molecule has 0 aliphatic rings. The quantitative estimate of drug-likeness (QED) is 0.912. The number of benzene rings is 1. The Kier molecular flexibility index (Phi) is 5.11. The van der Waals surface area contributed by atoms with E-state index >= 15 is 0 Å². The van der Waals surface area contributed by atoms with Crippen molar-refractivity contribution in [3.05, 3.63) is 34.6 Å². The maximum absolute atomic E-state index is 13.5. The molecular formula is C13H14ClFN2O. The van der Waals surface area contributed by atoms with Crippen LogP contribution in [0.2, 0.25) is 5.02 Å². The summed E-state index contributed by atoms with van der Waals surface area (Å²) in [4.78, 5) is 11.9. The highest BCUT2D eigenvalue weighted by atomic mass is 35.5. The molecule has 0 aliphatic carbocycles. The van der Waals surface area contributed by atoms with Crippen LogP contribution in [-0.2, 0) is 0 Å². The molecule has 0 radical (unpaired) electrons. The van der Waals surface area contributed by atoms with Crippen LogP contribution in [-0.4, -0.2) is 11.9 Å². The van der Waals surface area contributed by atoms with Crippen LogP contribution in [0, 0.1) is 23.1 Å². The fourth-order valence-electron chi connectivity index (χ4n) is 1.56. The third-order valence-corrected chi connectivity index (χ3v) is 2.67. The first kappa shape index (κ1) is 14.5.